The van der Waals surface area contributed by atoms with Crippen LogP contribution >= 0.6 is 11.8 Å². The van der Waals surface area contributed by atoms with Gasteiger partial charge in [-0.3, -0.25) is 15.5 Å². The number of anilines is 2. The average Bonchev–Trinajstić information content (AvgIpc) is 2.47. The summed E-state index contributed by atoms with van der Waals surface area (Å²) in [5.74, 6) is 5.63. The molecule has 1 heterocycles. The van der Waals surface area contributed by atoms with Gasteiger partial charge in [0.25, 0.3) is 0 Å². The highest BCUT2D eigenvalue weighted by Crippen LogP contribution is 2.30. The normalized spacial score (nSPS) is 22.3. The second-order valence-corrected chi connectivity index (χ2v) is 5.83. The molecule has 0 radical (unpaired) electrons. The predicted molar refractivity (Wildman–Crippen MR) is 79.7 cm³/mol. The number of hydrogen-bond acceptors (Lipinski definition) is 8. The van der Waals surface area contributed by atoms with Crippen molar-refractivity contribution < 1.29 is 4.92 Å². The van der Waals surface area contributed by atoms with E-state index in [2.05, 4.69) is 27.0 Å². The van der Waals surface area contributed by atoms with Gasteiger partial charge >= 0.3 is 5.69 Å². The Kier molecular flexibility index (Phi) is 4.96. The Morgan fingerprint density at radius 2 is 2.35 bits per heavy atom. The van der Waals surface area contributed by atoms with Crippen molar-refractivity contribution in [1.82, 2.24) is 9.97 Å². The molecule has 9 heteroatoms. The van der Waals surface area contributed by atoms with Gasteiger partial charge in [-0.25, -0.2) is 10.8 Å². The lowest BCUT2D eigenvalue weighted by atomic mass is 9.95. The molecule has 1 saturated carbocycles. The van der Waals surface area contributed by atoms with E-state index >= 15 is 0 Å². The van der Waals surface area contributed by atoms with Crippen molar-refractivity contribution in [3.63, 3.8) is 0 Å². The number of nitrogens with one attached hydrogen (secondary N) is 2. The standard InChI is InChI=1S/C11H18N6O2S/c1-20-8-4-2-3-7(5-8)14-10-9(17(18)19)6-13-11(15-10)16-12/h6-8H,2-5,12H2,1H3,(H2,13,14,15,16). The van der Waals surface area contributed by atoms with Gasteiger partial charge in [-0.2, -0.15) is 16.7 Å². The van der Waals surface area contributed by atoms with Gasteiger partial charge < -0.3 is 5.32 Å². The molecular weight excluding hydrogens is 280 g/mol. The molecule has 0 spiro atoms. The van der Waals surface area contributed by atoms with Crippen LogP contribution in [0, 0.1) is 10.1 Å². The molecule has 0 bridgehead atoms. The Morgan fingerprint density at radius 1 is 1.55 bits per heavy atom. The molecule has 0 aromatic carbocycles. The van der Waals surface area contributed by atoms with Crippen LogP contribution in [-0.4, -0.2) is 32.4 Å². The number of thioether (sulfide) groups is 1. The highest BCUT2D eigenvalue weighted by Gasteiger charge is 2.25. The molecule has 1 aromatic heterocycles. The Balaban J connectivity index is 2.16. The van der Waals surface area contributed by atoms with Crippen molar-refractivity contribution in [1.29, 1.82) is 0 Å². The number of nitrogens with zero attached hydrogens (tertiary/aromatic N) is 3. The lowest BCUT2D eigenvalue weighted by molar-refractivity contribution is -0.384. The van der Waals surface area contributed by atoms with E-state index in [4.69, 9.17) is 5.84 Å². The van der Waals surface area contributed by atoms with Crippen molar-refractivity contribution in [3.05, 3.63) is 16.3 Å². The average molecular weight is 298 g/mol. The van der Waals surface area contributed by atoms with Crippen LogP contribution in [0.5, 0.6) is 0 Å². The van der Waals surface area contributed by atoms with Crippen LogP contribution in [0.1, 0.15) is 25.7 Å². The second kappa shape index (κ2) is 6.71. The number of aromatic nitrogens is 2. The Labute approximate surface area is 121 Å². The molecule has 2 atom stereocenters. The monoisotopic (exact) mass is 298 g/mol. The summed E-state index contributed by atoms with van der Waals surface area (Å²) in [6.45, 7) is 0. The SMILES string of the molecule is CSC1CCCC(Nc2nc(NN)ncc2[N+](=O)[O-])C1. The number of hydrazine groups is 1. The molecule has 0 saturated heterocycles. The van der Waals surface area contributed by atoms with Gasteiger partial charge in [0, 0.05) is 11.3 Å². The quantitative estimate of drug-likeness (QED) is 0.427. The maximum atomic E-state index is 11.0. The molecule has 2 unspecified atom stereocenters. The maximum Gasteiger partial charge on any atom is 0.329 e. The van der Waals surface area contributed by atoms with Gasteiger partial charge in [0.05, 0.1) is 4.92 Å². The first-order chi connectivity index (χ1) is 9.63. The molecule has 110 valence electrons. The maximum absolute atomic E-state index is 11.0. The first-order valence-corrected chi connectivity index (χ1v) is 7.70. The lowest BCUT2D eigenvalue weighted by Crippen LogP contribution is -2.29. The highest BCUT2D eigenvalue weighted by molar-refractivity contribution is 7.99. The minimum absolute atomic E-state index is 0.129. The molecule has 1 fully saturated rings. The molecular formula is C11H18N6O2S. The van der Waals surface area contributed by atoms with Gasteiger partial charge in [0.1, 0.15) is 6.20 Å². The summed E-state index contributed by atoms with van der Waals surface area (Å²) in [6, 6.07) is 0.195. The molecule has 0 amide bonds. The molecule has 1 aliphatic carbocycles. The smallest absolute Gasteiger partial charge is 0.329 e. The van der Waals surface area contributed by atoms with Crippen LogP contribution in [0.2, 0.25) is 0 Å². The summed E-state index contributed by atoms with van der Waals surface area (Å²) in [4.78, 5) is 18.3. The third-order valence-electron chi connectivity index (χ3n) is 3.40. The van der Waals surface area contributed by atoms with Gasteiger partial charge in [-0.05, 0) is 25.5 Å². The van der Waals surface area contributed by atoms with E-state index < -0.39 is 4.92 Å². The number of nitrogens with two attached hydrogens (primary N) is 1. The first-order valence-electron chi connectivity index (χ1n) is 6.41. The molecule has 0 aliphatic heterocycles. The Morgan fingerprint density at radius 3 is 3.00 bits per heavy atom. The van der Waals surface area contributed by atoms with E-state index in [0.717, 1.165) is 19.3 Å². The van der Waals surface area contributed by atoms with Crippen LogP contribution in [0.25, 0.3) is 0 Å². The van der Waals surface area contributed by atoms with Crippen molar-refractivity contribution in [2.24, 2.45) is 5.84 Å². The summed E-state index contributed by atoms with van der Waals surface area (Å²) < 4.78 is 0. The number of nitrogen functional groups attached to an aromatic ring is 1. The molecule has 20 heavy (non-hydrogen) atoms. The second-order valence-electron chi connectivity index (χ2n) is 4.69. The third-order valence-corrected chi connectivity index (χ3v) is 4.49. The van der Waals surface area contributed by atoms with Gasteiger partial charge in [-0.15, -0.1) is 0 Å². The minimum atomic E-state index is -0.489. The van der Waals surface area contributed by atoms with Crippen molar-refractivity contribution in [2.45, 2.75) is 37.0 Å². The van der Waals surface area contributed by atoms with Gasteiger partial charge in [0.2, 0.25) is 11.8 Å². The van der Waals surface area contributed by atoms with Crippen molar-refractivity contribution >= 4 is 29.2 Å². The fourth-order valence-electron chi connectivity index (χ4n) is 2.37. The zero-order valence-corrected chi connectivity index (χ0v) is 12.0. The van der Waals surface area contributed by atoms with Crippen LogP contribution in [0.15, 0.2) is 6.20 Å². The Bertz CT molecular complexity index is 486. The number of hydrogen-bond donors (Lipinski definition) is 3. The largest absolute Gasteiger partial charge is 0.361 e. The minimum Gasteiger partial charge on any atom is -0.361 e. The van der Waals surface area contributed by atoms with Crippen LogP contribution in [-0.2, 0) is 0 Å². The third kappa shape index (κ3) is 3.48. The summed E-state index contributed by atoms with van der Waals surface area (Å²) in [5, 5.41) is 14.8. The van der Waals surface area contributed by atoms with Crippen LogP contribution in [0.3, 0.4) is 0 Å². The zero-order valence-electron chi connectivity index (χ0n) is 11.2. The summed E-state index contributed by atoms with van der Waals surface area (Å²) in [7, 11) is 0. The number of nitro groups is 1. The van der Waals surface area contributed by atoms with E-state index in [1.807, 2.05) is 11.8 Å². The highest BCUT2D eigenvalue weighted by atomic mass is 32.2. The van der Waals surface area contributed by atoms with Crippen molar-refractivity contribution in [2.75, 3.05) is 17.0 Å². The van der Waals surface area contributed by atoms with Gasteiger partial charge in [-0.1, -0.05) is 6.42 Å². The van der Waals surface area contributed by atoms with E-state index in [-0.39, 0.29) is 23.5 Å². The molecule has 1 aromatic rings. The van der Waals surface area contributed by atoms with E-state index in [1.165, 1.54) is 12.6 Å². The fraction of sp³-hybridized carbons (Fsp3) is 0.636. The molecule has 4 N–H and O–H groups in total. The summed E-state index contributed by atoms with van der Waals surface area (Å²) >= 11 is 1.84. The fourth-order valence-corrected chi connectivity index (χ4v) is 3.20. The first kappa shape index (κ1) is 14.8. The topological polar surface area (TPSA) is 119 Å². The van der Waals surface area contributed by atoms with E-state index in [9.17, 15) is 10.1 Å². The molecule has 2 rings (SSSR count). The Hall–Kier alpha value is -1.61. The predicted octanol–water partition coefficient (Wildman–Crippen LogP) is 1.76. The van der Waals surface area contributed by atoms with Crippen molar-refractivity contribution in [3.8, 4) is 0 Å². The van der Waals surface area contributed by atoms with Crippen LogP contribution in [0.4, 0.5) is 17.5 Å². The van der Waals surface area contributed by atoms with E-state index in [0.29, 0.717) is 5.25 Å². The zero-order chi connectivity index (χ0) is 14.5. The van der Waals surface area contributed by atoms with Crippen LogP contribution < -0.4 is 16.6 Å². The molecule has 1 aliphatic rings. The van der Waals surface area contributed by atoms with E-state index in [1.54, 1.807) is 0 Å². The lowest BCUT2D eigenvalue weighted by Gasteiger charge is -2.28. The van der Waals surface area contributed by atoms with Gasteiger partial charge in [0.15, 0.2) is 0 Å². The summed E-state index contributed by atoms with van der Waals surface area (Å²) in [6.07, 6.45) is 7.54. The molecule has 8 nitrogen and oxygen atoms in total. The number of rotatable bonds is 5. The summed E-state index contributed by atoms with van der Waals surface area (Å²) in [5.41, 5.74) is 2.17.